The lowest BCUT2D eigenvalue weighted by Gasteiger charge is -2.08. The number of nitrogens with zero attached hydrogens (tertiary/aromatic N) is 1. The summed E-state index contributed by atoms with van der Waals surface area (Å²) in [5.74, 6) is 0. The zero-order valence-electron chi connectivity index (χ0n) is 6.72. The van der Waals surface area contributed by atoms with Crippen LogP contribution in [0.1, 0.15) is 12.0 Å². The van der Waals surface area contributed by atoms with Crippen LogP contribution in [0.3, 0.4) is 0 Å². The van der Waals surface area contributed by atoms with Gasteiger partial charge in [-0.15, -0.1) is 0 Å². The molecule has 1 aromatic rings. The molecular formula is C6H2BrCl2F2NO2S. The zero-order valence-corrected chi connectivity index (χ0v) is 10.6. The number of hydrogen-bond donors (Lipinski definition) is 0. The maximum absolute atomic E-state index is 12.5. The van der Waals surface area contributed by atoms with Crippen molar-refractivity contribution in [3.05, 3.63) is 21.4 Å². The molecule has 3 nitrogen and oxygen atoms in total. The molecule has 0 fully saturated rings. The quantitative estimate of drug-likeness (QED) is 0.612. The van der Waals surface area contributed by atoms with E-state index in [4.69, 9.17) is 22.3 Å². The summed E-state index contributed by atoms with van der Waals surface area (Å²) in [6.07, 6.45) is -2.14. The molecule has 0 N–H and O–H groups in total. The Morgan fingerprint density at radius 2 is 2.00 bits per heavy atom. The van der Waals surface area contributed by atoms with Crippen molar-refractivity contribution in [2.75, 3.05) is 0 Å². The Balaban J connectivity index is 3.68. The molecule has 0 unspecified atom stereocenters. The van der Waals surface area contributed by atoms with E-state index < -0.39 is 31.0 Å². The number of aromatic nitrogens is 1. The molecule has 1 aromatic heterocycles. The number of rotatable bonds is 2. The van der Waals surface area contributed by atoms with Gasteiger partial charge in [0.05, 0.1) is 10.6 Å². The van der Waals surface area contributed by atoms with Crippen LogP contribution in [0.15, 0.2) is 15.7 Å². The van der Waals surface area contributed by atoms with Gasteiger partial charge in [0, 0.05) is 16.9 Å². The average Bonchev–Trinajstić information content (AvgIpc) is 2.05. The lowest BCUT2D eigenvalue weighted by Crippen LogP contribution is -2.02. The second-order valence-corrected chi connectivity index (χ2v) is 6.04. The van der Waals surface area contributed by atoms with Crippen molar-refractivity contribution in [3.8, 4) is 0 Å². The molecule has 15 heavy (non-hydrogen) atoms. The Kier molecular flexibility index (Phi) is 3.91. The highest BCUT2D eigenvalue weighted by Gasteiger charge is 2.28. The molecular weight excluding hydrogens is 339 g/mol. The van der Waals surface area contributed by atoms with Crippen LogP contribution in [-0.2, 0) is 9.05 Å². The Labute approximate surface area is 102 Å². The molecule has 0 radical (unpaired) electrons. The predicted molar refractivity (Wildman–Crippen MR) is 54.9 cm³/mol. The molecule has 0 aromatic carbocycles. The monoisotopic (exact) mass is 339 g/mol. The van der Waals surface area contributed by atoms with E-state index in [0.29, 0.717) is 0 Å². The van der Waals surface area contributed by atoms with E-state index in [2.05, 4.69) is 20.9 Å². The van der Waals surface area contributed by atoms with Crippen LogP contribution < -0.4 is 0 Å². The summed E-state index contributed by atoms with van der Waals surface area (Å²) in [5.41, 5.74) is -0.853. The van der Waals surface area contributed by atoms with E-state index in [1.165, 1.54) is 0 Å². The maximum Gasteiger partial charge on any atom is 0.266 e. The molecule has 0 atom stereocenters. The van der Waals surface area contributed by atoms with Gasteiger partial charge in [-0.25, -0.2) is 22.2 Å². The van der Waals surface area contributed by atoms with Gasteiger partial charge in [0.25, 0.3) is 15.5 Å². The summed E-state index contributed by atoms with van der Waals surface area (Å²) in [5, 5.41) is -0.451. The molecule has 0 amide bonds. The highest BCUT2D eigenvalue weighted by atomic mass is 79.9. The first-order chi connectivity index (χ1) is 6.75. The number of alkyl halides is 2. The van der Waals surface area contributed by atoms with E-state index >= 15 is 0 Å². The van der Waals surface area contributed by atoms with Crippen LogP contribution >= 0.6 is 38.2 Å². The first-order valence-corrected chi connectivity index (χ1v) is 6.80. The fourth-order valence-electron chi connectivity index (χ4n) is 0.896. The van der Waals surface area contributed by atoms with E-state index in [1.807, 2.05) is 0 Å². The molecule has 0 aliphatic carbocycles. The number of halogens is 5. The van der Waals surface area contributed by atoms with Gasteiger partial charge in [-0.2, -0.15) is 0 Å². The van der Waals surface area contributed by atoms with Crippen LogP contribution in [0, 0.1) is 0 Å². The van der Waals surface area contributed by atoms with Crippen LogP contribution in [-0.4, -0.2) is 13.4 Å². The van der Waals surface area contributed by atoms with Crippen molar-refractivity contribution in [2.24, 2.45) is 0 Å². The highest BCUT2D eigenvalue weighted by molar-refractivity contribution is 9.10. The predicted octanol–water partition coefficient (Wildman–Crippen LogP) is 3.36. The molecule has 0 spiro atoms. The number of hydrogen-bond acceptors (Lipinski definition) is 3. The fourth-order valence-corrected chi connectivity index (χ4v) is 3.60. The van der Waals surface area contributed by atoms with Crippen molar-refractivity contribution in [1.29, 1.82) is 0 Å². The molecule has 84 valence electrons. The van der Waals surface area contributed by atoms with Gasteiger partial charge in [-0.1, -0.05) is 11.6 Å². The van der Waals surface area contributed by atoms with Crippen LogP contribution in [0.5, 0.6) is 0 Å². The molecule has 0 saturated carbocycles. The second-order valence-electron chi connectivity index (χ2n) is 2.38. The molecule has 0 aliphatic rings. The molecule has 0 saturated heterocycles. The van der Waals surface area contributed by atoms with Crippen molar-refractivity contribution in [3.63, 3.8) is 0 Å². The van der Waals surface area contributed by atoms with Crippen molar-refractivity contribution in [1.82, 2.24) is 4.98 Å². The summed E-state index contributed by atoms with van der Waals surface area (Å²) in [6, 6.07) is 0. The van der Waals surface area contributed by atoms with Crippen molar-refractivity contribution < 1.29 is 17.2 Å². The number of pyridine rings is 1. The third-order valence-electron chi connectivity index (χ3n) is 1.44. The van der Waals surface area contributed by atoms with E-state index in [1.54, 1.807) is 0 Å². The van der Waals surface area contributed by atoms with Gasteiger partial charge in [-0.05, 0) is 15.9 Å². The maximum atomic E-state index is 12.5. The zero-order chi connectivity index (χ0) is 11.8. The van der Waals surface area contributed by atoms with Gasteiger partial charge in [0.2, 0.25) is 0 Å². The Morgan fingerprint density at radius 3 is 2.33 bits per heavy atom. The van der Waals surface area contributed by atoms with Crippen LogP contribution in [0.25, 0.3) is 0 Å². The Morgan fingerprint density at radius 1 is 1.47 bits per heavy atom. The van der Waals surface area contributed by atoms with Crippen molar-refractivity contribution in [2.45, 2.75) is 11.3 Å². The van der Waals surface area contributed by atoms with Gasteiger partial charge in [-0.3, -0.25) is 0 Å². The lowest BCUT2D eigenvalue weighted by molar-refractivity contribution is 0.148. The topological polar surface area (TPSA) is 47.0 Å². The summed E-state index contributed by atoms with van der Waals surface area (Å²) in [7, 11) is 0.662. The summed E-state index contributed by atoms with van der Waals surface area (Å²) >= 11 is 8.13. The summed E-state index contributed by atoms with van der Waals surface area (Å²) in [4.78, 5) is 2.68. The van der Waals surface area contributed by atoms with E-state index in [-0.39, 0.29) is 4.60 Å². The van der Waals surface area contributed by atoms with Gasteiger partial charge in [0.1, 0.15) is 9.50 Å². The van der Waals surface area contributed by atoms with Crippen molar-refractivity contribution >= 4 is 47.3 Å². The smallest absolute Gasteiger partial charge is 0.246 e. The first kappa shape index (κ1) is 13.1. The summed E-state index contributed by atoms with van der Waals surface area (Å²) < 4.78 is 46.9. The normalized spacial score (nSPS) is 12.1. The third-order valence-corrected chi connectivity index (χ3v) is 3.97. The van der Waals surface area contributed by atoms with E-state index in [9.17, 15) is 17.2 Å². The SMILES string of the molecule is O=S(=O)(Cl)c1c(Br)ncc(Cl)c1C(F)F. The summed E-state index contributed by atoms with van der Waals surface area (Å²) in [6.45, 7) is 0. The highest BCUT2D eigenvalue weighted by Crippen LogP contribution is 2.37. The molecule has 0 aliphatic heterocycles. The van der Waals surface area contributed by atoms with Gasteiger partial charge < -0.3 is 0 Å². The molecule has 9 heteroatoms. The average molecular weight is 341 g/mol. The fraction of sp³-hybridized carbons (Fsp3) is 0.167. The van der Waals surface area contributed by atoms with Crippen LogP contribution in [0.4, 0.5) is 8.78 Å². The lowest BCUT2D eigenvalue weighted by atomic mass is 10.3. The van der Waals surface area contributed by atoms with Gasteiger partial charge in [0.15, 0.2) is 0 Å². The second kappa shape index (κ2) is 4.48. The largest absolute Gasteiger partial charge is 0.266 e. The van der Waals surface area contributed by atoms with Crippen LogP contribution in [0.2, 0.25) is 5.02 Å². The first-order valence-electron chi connectivity index (χ1n) is 3.32. The molecule has 1 heterocycles. The molecule has 1 rings (SSSR count). The Hall–Kier alpha value is 0.0200. The minimum Gasteiger partial charge on any atom is -0.246 e. The third kappa shape index (κ3) is 2.77. The van der Waals surface area contributed by atoms with E-state index in [0.717, 1.165) is 6.20 Å². The Bertz CT molecular complexity index is 494. The van der Waals surface area contributed by atoms with Gasteiger partial charge >= 0.3 is 0 Å². The minimum absolute atomic E-state index is 0.294. The standard InChI is InChI=1S/C6H2BrCl2F2NO2S/c7-5-4(15(9,13)14)3(6(10)11)2(8)1-12-5/h1,6H. The minimum atomic E-state index is -4.33. The molecule has 0 bridgehead atoms.